The Hall–Kier alpha value is -3.06. The zero-order valence-corrected chi connectivity index (χ0v) is 21.9. The number of hydrogen-bond acceptors (Lipinski definition) is 4. The first kappa shape index (κ1) is 25.0. The number of methoxy groups -OCH3 is 1. The highest BCUT2D eigenvalue weighted by Gasteiger charge is 2.23. The number of halogens is 2. The quantitative estimate of drug-likeness (QED) is 0.204. The van der Waals surface area contributed by atoms with Crippen molar-refractivity contribution < 1.29 is 17.3 Å². The normalized spacial score (nSPS) is 12.4. The Morgan fingerprint density at radius 2 is 1.57 bits per heavy atom. The van der Waals surface area contributed by atoms with Crippen LogP contribution in [0.25, 0.3) is 6.08 Å². The number of benzene rings is 4. The molecule has 0 amide bonds. The fourth-order valence-electron chi connectivity index (χ4n) is 3.57. The Labute approximate surface area is 219 Å². The maximum Gasteiger partial charge on any atom is 0.339 e. The van der Waals surface area contributed by atoms with Gasteiger partial charge in [-0.15, -0.1) is 0 Å². The summed E-state index contributed by atoms with van der Waals surface area (Å²) in [5.74, 6) is 0.357. The van der Waals surface area contributed by atoms with Gasteiger partial charge in [-0.05, 0) is 53.6 Å². The van der Waals surface area contributed by atoms with Gasteiger partial charge in [-0.25, -0.2) is 0 Å². The van der Waals surface area contributed by atoms with Crippen molar-refractivity contribution in [3.05, 3.63) is 129 Å². The molecule has 0 aliphatic carbocycles. The monoisotopic (exact) mass is 568 g/mol. The van der Waals surface area contributed by atoms with Crippen LogP contribution in [-0.2, 0) is 10.1 Å². The van der Waals surface area contributed by atoms with Crippen molar-refractivity contribution in [3.8, 4) is 11.5 Å². The molecular formula is C28H22BrClO4S. The number of rotatable bonds is 8. The van der Waals surface area contributed by atoms with Gasteiger partial charge in [0.25, 0.3) is 0 Å². The smallest absolute Gasteiger partial charge is 0.339 e. The van der Waals surface area contributed by atoms with E-state index in [1.165, 1.54) is 19.2 Å². The highest BCUT2D eigenvalue weighted by Crippen LogP contribution is 2.38. The molecule has 35 heavy (non-hydrogen) atoms. The lowest BCUT2D eigenvalue weighted by Crippen LogP contribution is -2.12. The van der Waals surface area contributed by atoms with E-state index in [1.54, 1.807) is 24.3 Å². The van der Waals surface area contributed by atoms with Crippen LogP contribution in [-0.4, -0.2) is 15.5 Å². The fraction of sp³-hybridized carbons (Fsp3) is 0.0714. The summed E-state index contributed by atoms with van der Waals surface area (Å²) in [4.78, 5) is 0.0531. The predicted molar refractivity (Wildman–Crippen MR) is 144 cm³/mol. The lowest BCUT2D eigenvalue weighted by molar-refractivity contribution is 0.411. The molecule has 0 radical (unpaired) electrons. The van der Waals surface area contributed by atoms with E-state index in [0.29, 0.717) is 16.3 Å². The molecule has 0 aliphatic rings. The molecule has 0 saturated carbocycles. The molecule has 0 N–H and O–H groups in total. The third-order valence-electron chi connectivity index (χ3n) is 5.37. The molecule has 0 aliphatic heterocycles. The molecule has 1 atom stereocenters. The first-order chi connectivity index (χ1) is 16.9. The third kappa shape index (κ3) is 6.34. The van der Waals surface area contributed by atoms with Gasteiger partial charge in [0.15, 0.2) is 5.75 Å². The van der Waals surface area contributed by atoms with E-state index in [2.05, 4.69) is 15.9 Å². The zero-order valence-electron chi connectivity index (χ0n) is 18.8. The second-order valence-corrected chi connectivity index (χ2v) is 10.6. The van der Waals surface area contributed by atoms with Gasteiger partial charge in [0, 0.05) is 27.0 Å². The van der Waals surface area contributed by atoms with Crippen molar-refractivity contribution in [2.75, 3.05) is 7.11 Å². The molecule has 0 aromatic heterocycles. The van der Waals surface area contributed by atoms with Crippen LogP contribution in [0.2, 0.25) is 5.02 Å². The van der Waals surface area contributed by atoms with Crippen LogP contribution in [0.1, 0.15) is 22.6 Å². The molecule has 0 unspecified atom stereocenters. The van der Waals surface area contributed by atoms with Crippen LogP contribution in [0.4, 0.5) is 0 Å². The summed E-state index contributed by atoms with van der Waals surface area (Å²) >= 11 is 9.46. The van der Waals surface area contributed by atoms with Crippen molar-refractivity contribution in [2.24, 2.45) is 0 Å². The van der Waals surface area contributed by atoms with Crippen molar-refractivity contribution in [3.63, 3.8) is 0 Å². The largest absolute Gasteiger partial charge is 0.497 e. The minimum Gasteiger partial charge on any atom is -0.497 e. The number of ether oxygens (including phenoxy) is 1. The van der Waals surface area contributed by atoms with Gasteiger partial charge in [-0.1, -0.05) is 88.2 Å². The molecule has 0 heterocycles. The standard InChI is InChI=1S/C28H22BrClO4S/c1-33-24-14-18-27(28(19-24)34-35(31,32)25-15-10-22(29)11-16-25)26(21-8-12-23(30)13-9-21)17-7-20-5-3-2-4-6-20/h2-19,26H,1H3/b17-7+/t26-/m0/s1. The topological polar surface area (TPSA) is 52.6 Å². The molecule has 4 nitrogen and oxygen atoms in total. The van der Waals surface area contributed by atoms with Crippen LogP contribution in [0.3, 0.4) is 0 Å². The van der Waals surface area contributed by atoms with Gasteiger partial charge in [0.2, 0.25) is 0 Å². The van der Waals surface area contributed by atoms with Crippen LogP contribution >= 0.6 is 27.5 Å². The average Bonchev–Trinajstić information content (AvgIpc) is 2.86. The van der Waals surface area contributed by atoms with E-state index in [9.17, 15) is 8.42 Å². The minimum atomic E-state index is -4.09. The Morgan fingerprint density at radius 3 is 2.23 bits per heavy atom. The first-order valence-corrected chi connectivity index (χ1v) is 13.3. The summed E-state index contributed by atoms with van der Waals surface area (Å²) in [5, 5.41) is 0.614. The first-order valence-electron chi connectivity index (χ1n) is 10.7. The molecule has 7 heteroatoms. The molecule has 178 valence electrons. The molecule has 0 bridgehead atoms. The SMILES string of the molecule is COc1ccc([C@@H](/C=C/c2ccccc2)c2ccc(Cl)cc2)c(OS(=O)(=O)c2ccc(Br)cc2)c1. The van der Waals surface area contributed by atoms with E-state index < -0.39 is 10.1 Å². The van der Waals surface area contributed by atoms with E-state index in [-0.39, 0.29) is 16.6 Å². The Balaban J connectivity index is 1.81. The molecule has 4 aromatic carbocycles. The minimum absolute atomic E-state index is 0.0531. The lowest BCUT2D eigenvalue weighted by atomic mass is 9.89. The van der Waals surface area contributed by atoms with Crippen LogP contribution in [0.5, 0.6) is 11.5 Å². The van der Waals surface area contributed by atoms with Gasteiger partial charge >= 0.3 is 10.1 Å². The van der Waals surface area contributed by atoms with Crippen LogP contribution < -0.4 is 8.92 Å². The van der Waals surface area contributed by atoms with Crippen LogP contribution in [0.15, 0.2) is 113 Å². The molecule has 4 rings (SSSR count). The summed E-state index contributed by atoms with van der Waals surface area (Å²) in [6, 6.07) is 28.8. The molecule has 0 spiro atoms. The van der Waals surface area contributed by atoms with Gasteiger partial charge in [0.1, 0.15) is 10.6 Å². The maximum absolute atomic E-state index is 13.1. The summed E-state index contributed by atoms with van der Waals surface area (Å²) in [7, 11) is -2.57. The third-order valence-corrected chi connectivity index (χ3v) is 7.40. The van der Waals surface area contributed by atoms with Crippen molar-refractivity contribution in [1.29, 1.82) is 0 Å². The second-order valence-electron chi connectivity index (χ2n) is 7.69. The molecule has 4 aromatic rings. The van der Waals surface area contributed by atoms with Crippen LogP contribution in [0, 0.1) is 0 Å². The average molecular weight is 570 g/mol. The highest BCUT2D eigenvalue weighted by atomic mass is 79.9. The Kier molecular flexibility index (Phi) is 7.96. The van der Waals surface area contributed by atoms with E-state index >= 15 is 0 Å². The molecule has 0 fully saturated rings. The molecular weight excluding hydrogens is 548 g/mol. The van der Waals surface area contributed by atoms with Crippen molar-refractivity contribution in [1.82, 2.24) is 0 Å². The van der Waals surface area contributed by atoms with Gasteiger partial charge in [-0.2, -0.15) is 8.42 Å². The maximum atomic E-state index is 13.1. The van der Waals surface area contributed by atoms with Crippen molar-refractivity contribution in [2.45, 2.75) is 10.8 Å². The summed E-state index contributed by atoms with van der Waals surface area (Å²) in [5.41, 5.74) is 2.61. The summed E-state index contributed by atoms with van der Waals surface area (Å²) in [6.07, 6.45) is 4.01. The lowest BCUT2D eigenvalue weighted by Gasteiger charge is -2.19. The Morgan fingerprint density at radius 1 is 0.886 bits per heavy atom. The van der Waals surface area contributed by atoms with Gasteiger partial charge < -0.3 is 8.92 Å². The van der Waals surface area contributed by atoms with Crippen molar-refractivity contribution >= 4 is 43.7 Å². The second kappa shape index (κ2) is 11.1. The van der Waals surface area contributed by atoms with E-state index in [0.717, 1.165) is 15.6 Å². The van der Waals surface area contributed by atoms with E-state index in [4.69, 9.17) is 20.5 Å². The fourth-order valence-corrected chi connectivity index (χ4v) is 4.91. The zero-order chi connectivity index (χ0) is 24.8. The summed E-state index contributed by atoms with van der Waals surface area (Å²) in [6.45, 7) is 0. The summed E-state index contributed by atoms with van der Waals surface area (Å²) < 4.78 is 38.1. The Bertz CT molecular complexity index is 1420. The molecule has 0 saturated heterocycles. The van der Waals surface area contributed by atoms with E-state index in [1.807, 2.05) is 72.8 Å². The van der Waals surface area contributed by atoms with Gasteiger partial charge in [0.05, 0.1) is 7.11 Å². The number of hydrogen-bond donors (Lipinski definition) is 0. The number of allylic oxidation sites excluding steroid dienone is 1. The van der Waals surface area contributed by atoms with Gasteiger partial charge in [-0.3, -0.25) is 0 Å². The highest BCUT2D eigenvalue weighted by molar-refractivity contribution is 9.10. The predicted octanol–water partition coefficient (Wildman–Crippen LogP) is 7.72.